The predicted molar refractivity (Wildman–Crippen MR) is 139 cm³/mol. The van der Waals surface area contributed by atoms with Crippen LogP contribution < -0.4 is 0 Å². The molecule has 2 aromatic rings. The number of carbonyl (C=O) groups is 2. The maximum atomic E-state index is 13.8. The van der Waals surface area contributed by atoms with Gasteiger partial charge in [0.05, 0.1) is 5.56 Å². The van der Waals surface area contributed by atoms with E-state index in [4.69, 9.17) is 4.18 Å². The van der Waals surface area contributed by atoms with Crippen LogP contribution in [0.25, 0.3) is 0 Å². The molecule has 1 aliphatic rings. The average Bonchev–Trinajstić information content (AvgIpc) is 3.13. The summed E-state index contributed by atoms with van der Waals surface area (Å²) < 4.78 is 32.4. The Labute approximate surface area is 214 Å². The van der Waals surface area contributed by atoms with Gasteiger partial charge in [0.15, 0.2) is 0 Å². The predicted octanol–water partition coefficient (Wildman–Crippen LogP) is 6.26. The zero-order valence-corrected chi connectivity index (χ0v) is 23.0. The van der Waals surface area contributed by atoms with Gasteiger partial charge in [-0.1, -0.05) is 71.9 Å². The van der Waals surface area contributed by atoms with Crippen molar-refractivity contribution in [2.75, 3.05) is 6.54 Å². The second kappa shape index (κ2) is 10.4. The van der Waals surface area contributed by atoms with Gasteiger partial charge in [0, 0.05) is 6.42 Å². The number of hydrogen-bond acceptors (Lipinski definition) is 5. The summed E-state index contributed by atoms with van der Waals surface area (Å²) in [4.78, 5) is 26.0. The average molecular weight is 517 g/mol. The molecule has 1 N–H and O–H groups in total. The molecule has 0 unspecified atom stereocenters. The SMILES string of the molecule is CC(C)c1cc(C(C)C)c(S(=O)(=O)O[C@@H]2C[C@@H](C)[N@@+](C(=O)O)(C(=O)c3ccccc3)C2)c(C(C)C)c1. The van der Waals surface area contributed by atoms with Crippen molar-refractivity contribution in [2.24, 2.45) is 0 Å². The van der Waals surface area contributed by atoms with E-state index >= 15 is 0 Å². The third kappa shape index (κ3) is 5.12. The molecule has 0 radical (unpaired) electrons. The fourth-order valence-corrected chi connectivity index (χ4v) is 6.82. The van der Waals surface area contributed by atoms with Crippen molar-refractivity contribution in [1.82, 2.24) is 0 Å². The molecule has 7 nitrogen and oxygen atoms in total. The Balaban J connectivity index is 2.04. The number of carboxylic acid groups (broad SMARTS) is 1. The molecule has 3 atom stereocenters. The Kier molecular flexibility index (Phi) is 8.13. The maximum absolute atomic E-state index is 13.8. The fraction of sp³-hybridized carbons (Fsp3) is 0.500. The van der Waals surface area contributed by atoms with Crippen LogP contribution in [0.3, 0.4) is 0 Å². The molecular formula is C28H38NO6S+. The van der Waals surface area contributed by atoms with E-state index < -0.39 is 38.7 Å². The Bertz CT molecular complexity index is 1210. The van der Waals surface area contributed by atoms with Crippen LogP contribution in [0.1, 0.15) is 99.7 Å². The molecule has 36 heavy (non-hydrogen) atoms. The second-order valence-corrected chi connectivity index (χ2v) is 12.3. The van der Waals surface area contributed by atoms with Crippen molar-refractivity contribution < 1.29 is 31.8 Å². The van der Waals surface area contributed by atoms with Gasteiger partial charge in [-0.25, -0.2) is 4.79 Å². The molecule has 0 saturated carbocycles. The minimum atomic E-state index is -4.24. The normalized spacial score (nSPS) is 22.5. The first-order chi connectivity index (χ1) is 16.7. The number of imide groups is 1. The van der Waals surface area contributed by atoms with Gasteiger partial charge in [0.25, 0.3) is 10.1 Å². The molecule has 2 amide bonds. The van der Waals surface area contributed by atoms with Crippen molar-refractivity contribution in [3.05, 3.63) is 64.7 Å². The minimum absolute atomic E-state index is 0.0642. The molecule has 1 saturated heterocycles. The van der Waals surface area contributed by atoms with Gasteiger partial charge in [-0.2, -0.15) is 17.7 Å². The van der Waals surface area contributed by atoms with E-state index in [9.17, 15) is 23.1 Å². The molecule has 0 aliphatic carbocycles. The van der Waals surface area contributed by atoms with E-state index in [0.717, 1.165) is 5.56 Å². The standard InChI is InChI=1S/C28H37NO6S/c1-17(2)22-14-24(18(3)4)26(25(15-22)19(5)6)36(33,34)35-23-13-20(7)29(16-23,28(31)32)27(30)21-11-9-8-10-12-21/h8-12,14-15,17-20,23H,13,16H2,1-7H3/p+1/t20-,23-,29-/m1/s1. The van der Waals surface area contributed by atoms with E-state index in [0.29, 0.717) is 11.1 Å². The summed E-state index contributed by atoms with van der Waals surface area (Å²) >= 11 is 0. The van der Waals surface area contributed by atoms with Gasteiger partial charge in [-0.05, 0) is 53.5 Å². The monoisotopic (exact) mass is 516 g/mol. The zero-order valence-electron chi connectivity index (χ0n) is 22.2. The molecule has 3 rings (SSSR count). The first-order valence-corrected chi connectivity index (χ1v) is 13.9. The lowest BCUT2D eigenvalue weighted by atomic mass is 9.89. The summed E-state index contributed by atoms with van der Waals surface area (Å²) in [6.07, 6.45) is -2.13. The first kappa shape index (κ1) is 28.0. The summed E-state index contributed by atoms with van der Waals surface area (Å²) in [5.74, 6) is -0.479. The van der Waals surface area contributed by atoms with Crippen LogP contribution in [0.5, 0.6) is 0 Å². The van der Waals surface area contributed by atoms with Crippen LogP contribution in [0.15, 0.2) is 47.4 Å². The van der Waals surface area contributed by atoms with Gasteiger partial charge in [-0.15, -0.1) is 0 Å². The van der Waals surface area contributed by atoms with Gasteiger partial charge in [0.2, 0.25) is 0 Å². The third-order valence-electron chi connectivity index (χ3n) is 7.16. The van der Waals surface area contributed by atoms with Crippen molar-refractivity contribution in [1.29, 1.82) is 0 Å². The molecular weight excluding hydrogens is 478 g/mol. The zero-order chi connectivity index (χ0) is 27.0. The number of likely N-dealkylation sites (tertiary alicyclic amines) is 1. The topological polar surface area (TPSA) is 97.7 Å². The van der Waals surface area contributed by atoms with Gasteiger partial charge in [0.1, 0.15) is 23.6 Å². The maximum Gasteiger partial charge on any atom is 0.521 e. The number of hydrogen-bond donors (Lipinski definition) is 1. The van der Waals surface area contributed by atoms with Crippen molar-refractivity contribution in [3.63, 3.8) is 0 Å². The number of nitrogens with zero attached hydrogens (tertiary/aromatic N) is 1. The highest BCUT2D eigenvalue weighted by molar-refractivity contribution is 7.86. The smallest absolute Gasteiger partial charge is 0.435 e. The van der Waals surface area contributed by atoms with Crippen LogP contribution in [0.2, 0.25) is 0 Å². The van der Waals surface area contributed by atoms with Crippen molar-refractivity contribution >= 4 is 22.1 Å². The van der Waals surface area contributed by atoms with Crippen LogP contribution in [-0.4, -0.2) is 48.7 Å². The molecule has 1 heterocycles. The summed E-state index contributed by atoms with van der Waals surface area (Å²) in [5, 5.41) is 10.2. The molecule has 1 aliphatic heterocycles. The lowest BCUT2D eigenvalue weighted by Crippen LogP contribution is -2.59. The molecule has 196 valence electrons. The molecule has 2 aromatic carbocycles. The van der Waals surface area contributed by atoms with E-state index in [1.54, 1.807) is 37.3 Å². The van der Waals surface area contributed by atoms with Gasteiger partial charge >= 0.3 is 12.0 Å². The number of quaternary nitrogens is 1. The second-order valence-electron chi connectivity index (χ2n) is 10.8. The third-order valence-corrected chi connectivity index (χ3v) is 8.66. The fourth-order valence-electron chi connectivity index (χ4n) is 5.06. The highest BCUT2D eigenvalue weighted by Crippen LogP contribution is 2.39. The molecule has 0 aromatic heterocycles. The van der Waals surface area contributed by atoms with Crippen LogP contribution in [-0.2, 0) is 14.3 Å². The van der Waals surface area contributed by atoms with Gasteiger partial charge in [-0.3, -0.25) is 4.18 Å². The lowest BCUT2D eigenvalue weighted by Gasteiger charge is -2.29. The Hall–Kier alpha value is -2.55. The van der Waals surface area contributed by atoms with Crippen molar-refractivity contribution in [3.8, 4) is 0 Å². The summed E-state index contributed by atoms with van der Waals surface area (Å²) in [6, 6.07) is 11.5. The minimum Gasteiger partial charge on any atom is -0.435 e. The lowest BCUT2D eigenvalue weighted by molar-refractivity contribution is -0.787. The number of carbonyl (C=O) groups excluding carboxylic acids is 1. The van der Waals surface area contributed by atoms with E-state index in [1.165, 1.54) is 0 Å². The molecule has 0 spiro atoms. The Morgan fingerprint density at radius 3 is 1.92 bits per heavy atom. The number of benzene rings is 2. The highest BCUT2D eigenvalue weighted by atomic mass is 32.2. The number of amides is 2. The molecule has 0 bridgehead atoms. The number of rotatable bonds is 7. The van der Waals surface area contributed by atoms with Crippen molar-refractivity contribution in [2.45, 2.75) is 89.7 Å². The van der Waals surface area contributed by atoms with Crippen LogP contribution >= 0.6 is 0 Å². The molecule has 1 fully saturated rings. The Morgan fingerprint density at radius 1 is 0.944 bits per heavy atom. The Morgan fingerprint density at radius 2 is 1.47 bits per heavy atom. The quantitative estimate of drug-likeness (QED) is 0.345. The van der Waals surface area contributed by atoms with Crippen LogP contribution in [0.4, 0.5) is 4.79 Å². The van der Waals surface area contributed by atoms with E-state index in [-0.39, 0.29) is 41.2 Å². The van der Waals surface area contributed by atoms with E-state index in [1.807, 2.05) is 39.8 Å². The summed E-state index contributed by atoms with van der Waals surface area (Å²) in [7, 11) is -4.24. The summed E-state index contributed by atoms with van der Waals surface area (Å²) in [5.41, 5.74) is 2.71. The highest BCUT2D eigenvalue weighted by Gasteiger charge is 2.58. The first-order valence-electron chi connectivity index (χ1n) is 12.5. The largest absolute Gasteiger partial charge is 0.521 e. The van der Waals surface area contributed by atoms with Gasteiger partial charge < -0.3 is 5.11 Å². The van der Waals surface area contributed by atoms with Crippen LogP contribution in [0, 0.1) is 0 Å². The molecule has 8 heteroatoms. The summed E-state index contributed by atoms with van der Waals surface area (Å²) in [6.45, 7) is 13.3. The van der Waals surface area contributed by atoms with E-state index in [2.05, 4.69) is 13.8 Å².